The minimum absolute atomic E-state index is 0.0999. The number of hydrogen-bond donors (Lipinski definition) is 0. The maximum absolute atomic E-state index is 6.67. The van der Waals surface area contributed by atoms with Crippen molar-refractivity contribution in [2.75, 3.05) is 0 Å². The van der Waals surface area contributed by atoms with E-state index in [1.54, 1.807) is 0 Å². The largest absolute Gasteiger partial charge is 0.455 e. The number of para-hydroxylation sites is 1. The van der Waals surface area contributed by atoms with Gasteiger partial charge in [0.25, 0.3) is 0 Å². The molecule has 4 aromatic carbocycles. The van der Waals surface area contributed by atoms with E-state index < -0.39 is 0 Å². The van der Waals surface area contributed by atoms with E-state index in [-0.39, 0.29) is 10.8 Å². The molecule has 2 heteroatoms. The van der Waals surface area contributed by atoms with E-state index in [1.807, 2.05) is 0 Å². The third kappa shape index (κ3) is 3.31. The summed E-state index contributed by atoms with van der Waals surface area (Å²) in [5.74, 6) is 1.96. The summed E-state index contributed by atoms with van der Waals surface area (Å²) >= 11 is 0. The number of fused-ring (bicyclic) bond motifs is 6. The zero-order chi connectivity index (χ0) is 26.1. The molecule has 0 saturated carbocycles. The zero-order valence-corrected chi connectivity index (χ0v) is 23.2. The highest BCUT2D eigenvalue weighted by Crippen LogP contribution is 2.52. The van der Waals surface area contributed by atoms with Gasteiger partial charge in [0.05, 0.1) is 11.0 Å². The molecule has 188 valence electrons. The molecule has 1 aliphatic rings. The molecule has 2 nitrogen and oxygen atoms in total. The van der Waals surface area contributed by atoms with Gasteiger partial charge in [-0.05, 0) is 41.7 Å². The number of benzene rings is 4. The van der Waals surface area contributed by atoms with Crippen molar-refractivity contribution in [1.29, 1.82) is 0 Å². The summed E-state index contributed by atoms with van der Waals surface area (Å²) in [5.41, 5.74) is 10.3. The van der Waals surface area contributed by atoms with Crippen molar-refractivity contribution in [2.24, 2.45) is 7.05 Å². The summed E-state index contributed by atoms with van der Waals surface area (Å²) in [7, 11) is 2.20. The number of nitrogens with zero attached hydrogens (tertiary/aromatic N) is 1. The van der Waals surface area contributed by atoms with Crippen molar-refractivity contribution in [3.05, 3.63) is 106 Å². The molecule has 0 atom stereocenters. The number of aromatic nitrogens is 1. The zero-order valence-electron chi connectivity index (χ0n) is 23.2. The van der Waals surface area contributed by atoms with E-state index >= 15 is 0 Å². The number of aryl methyl sites for hydroxylation is 3. The van der Waals surface area contributed by atoms with Gasteiger partial charge in [0.2, 0.25) is 0 Å². The predicted octanol–water partition coefficient (Wildman–Crippen LogP) is 9.35. The maximum Gasteiger partial charge on any atom is 0.155 e. The molecule has 0 amide bonds. The Morgan fingerprint density at radius 3 is 2.24 bits per heavy atom. The van der Waals surface area contributed by atoms with Gasteiger partial charge in [0, 0.05) is 39.8 Å². The highest BCUT2D eigenvalue weighted by Gasteiger charge is 2.36. The average molecular weight is 488 g/mol. The van der Waals surface area contributed by atoms with Gasteiger partial charge in [0.1, 0.15) is 5.75 Å². The fourth-order valence-electron chi connectivity index (χ4n) is 6.95. The predicted molar refractivity (Wildman–Crippen MR) is 156 cm³/mol. The first-order valence-electron chi connectivity index (χ1n) is 13.6. The second-order valence-electron chi connectivity index (χ2n) is 11.8. The van der Waals surface area contributed by atoms with Crippen LogP contribution in [0.15, 0.2) is 72.8 Å². The normalized spacial score (nSPS) is 14.5. The van der Waals surface area contributed by atoms with E-state index in [9.17, 15) is 0 Å². The summed E-state index contributed by atoms with van der Waals surface area (Å²) in [6, 6.07) is 26.7. The lowest BCUT2D eigenvalue weighted by molar-refractivity contribution is 0.421. The Bertz CT molecular complexity index is 1680. The fourth-order valence-corrected chi connectivity index (χ4v) is 6.95. The van der Waals surface area contributed by atoms with Crippen molar-refractivity contribution < 1.29 is 4.74 Å². The molecule has 1 aromatic heterocycles. The van der Waals surface area contributed by atoms with Crippen LogP contribution in [0, 0.1) is 6.92 Å². The van der Waals surface area contributed by atoms with E-state index in [0.717, 1.165) is 24.3 Å². The van der Waals surface area contributed by atoms with Crippen molar-refractivity contribution in [1.82, 2.24) is 4.57 Å². The van der Waals surface area contributed by atoms with E-state index in [0.29, 0.717) is 0 Å². The third-order valence-electron chi connectivity index (χ3n) is 8.85. The van der Waals surface area contributed by atoms with Crippen LogP contribution in [0.2, 0.25) is 0 Å². The molecule has 0 aliphatic carbocycles. The number of rotatable bonds is 4. The molecule has 0 radical (unpaired) electrons. The standard InChI is InChI=1S/C35H37NO/c1-8-13-23-14-9-10-15-27(23)34(3,4)26-20-18-24-25-19-21-29-33(32(25)36(7)31(24)22(26)2)37-30-17-12-11-16-28(30)35(29,5)6/h9-12,14-21H,8,13H2,1-7H3. The lowest BCUT2D eigenvalue weighted by Gasteiger charge is -2.34. The fraction of sp³-hybridized carbons (Fsp3) is 0.314. The Labute approximate surface area is 220 Å². The average Bonchev–Trinajstić information content (AvgIpc) is 3.17. The number of hydrogen-bond acceptors (Lipinski definition) is 1. The van der Waals surface area contributed by atoms with Crippen LogP contribution >= 0.6 is 0 Å². The maximum atomic E-state index is 6.67. The van der Waals surface area contributed by atoms with Crippen molar-refractivity contribution in [3.63, 3.8) is 0 Å². The summed E-state index contributed by atoms with van der Waals surface area (Å²) in [4.78, 5) is 0. The second kappa shape index (κ2) is 8.25. The summed E-state index contributed by atoms with van der Waals surface area (Å²) < 4.78 is 9.04. The molecular formula is C35H37NO. The third-order valence-corrected chi connectivity index (χ3v) is 8.85. The van der Waals surface area contributed by atoms with Crippen LogP contribution in [0.3, 0.4) is 0 Å². The van der Waals surface area contributed by atoms with Gasteiger partial charge < -0.3 is 9.30 Å². The van der Waals surface area contributed by atoms with Crippen molar-refractivity contribution in [2.45, 2.75) is 65.2 Å². The van der Waals surface area contributed by atoms with Crippen LogP contribution in [0.25, 0.3) is 21.8 Å². The van der Waals surface area contributed by atoms with Gasteiger partial charge in [0.15, 0.2) is 5.75 Å². The van der Waals surface area contributed by atoms with Gasteiger partial charge >= 0.3 is 0 Å². The molecule has 0 saturated heterocycles. The SMILES string of the molecule is CCCc1ccccc1C(C)(C)c1ccc2c3ccc4c(c3n(C)c2c1C)Oc1ccccc1C4(C)C. The first kappa shape index (κ1) is 23.9. The van der Waals surface area contributed by atoms with Gasteiger partial charge in [-0.2, -0.15) is 0 Å². The van der Waals surface area contributed by atoms with E-state index in [4.69, 9.17) is 4.74 Å². The Balaban J connectivity index is 1.60. The van der Waals surface area contributed by atoms with Crippen LogP contribution in [0.4, 0.5) is 0 Å². The van der Waals surface area contributed by atoms with E-state index in [1.165, 1.54) is 55.2 Å². The Morgan fingerprint density at radius 1 is 0.784 bits per heavy atom. The van der Waals surface area contributed by atoms with Crippen molar-refractivity contribution >= 4 is 21.8 Å². The Kier molecular flexibility index (Phi) is 5.32. The lowest BCUT2D eigenvalue weighted by atomic mass is 9.73. The molecule has 1 aliphatic heterocycles. The lowest BCUT2D eigenvalue weighted by Crippen LogP contribution is -2.24. The Hall–Kier alpha value is -3.52. The van der Waals surface area contributed by atoms with Crippen LogP contribution < -0.4 is 4.74 Å². The second-order valence-corrected chi connectivity index (χ2v) is 11.8. The Morgan fingerprint density at radius 2 is 1.46 bits per heavy atom. The topological polar surface area (TPSA) is 14.2 Å². The molecule has 0 bridgehead atoms. The molecule has 0 spiro atoms. The molecule has 37 heavy (non-hydrogen) atoms. The molecule has 0 unspecified atom stereocenters. The molecule has 0 fully saturated rings. The molecule has 5 aromatic rings. The monoisotopic (exact) mass is 487 g/mol. The highest BCUT2D eigenvalue weighted by atomic mass is 16.5. The number of ether oxygens (including phenoxy) is 1. The minimum atomic E-state index is -0.125. The molecule has 0 N–H and O–H groups in total. The quantitative estimate of drug-likeness (QED) is 0.246. The smallest absolute Gasteiger partial charge is 0.155 e. The molecular weight excluding hydrogens is 450 g/mol. The van der Waals surface area contributed by atoms with Gasteiger partial charge in [-0.25, -0.2) is 0 Å². The van der Waals surface area contributed by atoms with Crippen LogP contribution in [0.1, 0.15) is 74.4 Å². The van der Waals surface area contributed by atoms with E-state index in [2.05, 4.69) is 126 Å². The minimum Gasteiger partial charge on any atom is -0.455 e. The highest BCUT2D eigenvalue weighted by molar-refractivity contribution is 6.12. The van der Waals surface area contributed by atoms with Gasteiger partial charge in [-0.3, -0.25) is 0 Å². The first-order chi connectivity index (χ1) is 17.7. The van der Waals surface area contributed by atoms with Gasteiger partial charge in [-0.15, -0.1) is 0 Å². The summed E-state index contributed by atoms with van der Waals surface area (Å²) in [6.07, 6.45) is 2.26. The van der Waals surface area contributed by atoms with Crippen molar-refractivity contribution in [3.8, 4) is 11.5 Å². The van der Waals surface area contributed by atoms with Crippen LogP contribution in [-0.4, -0.2) is 4.57 Å². The first-order valence-corrected chi connectivity index (χ1v) is 13.6. The van der Waals surface area contributed by atoms with Crippen LogP contribution in [0.5, 0.6) is 11.5 Å². The summed E-state index contributed by atoms with van der Waals surface area (Å²) in [6.45, 7) is 13.9. The summed E-state index contributed by atoms with van der Waals surface area (Å²) in [5, 5.41) is 2.55. The molecule has 6 rings (SSSR count). The van der Waals surface area contributed by atoms with Crippen LogP contribution in [-0.2, 0) is 24.3 Å². The molecule has 2 heterocycles. The van der Waals surface area contributed by atoms with Gasteiger partial charge in [-0.1, -0.05) is 108 Å².